The van der Waals surface area contributed by atoms with Crippen LogP contribution in [-0.4, -0.2) is 31.1 Å². The summed E-state index contributed by atoms with van der Waals surface area (Å²) in [6, 6.07) is 0. The predicted octanol–water partition coefficient (Wildman–Crippen LogP) is -0.444. The summed E-state index contributed by atoms with van der Waals surface area (Å²) in [4.78, 5) is 0. The third-order valence-electron chi connectivity index (χ3n) is 1.36. The van der Waals surface area contributed by atoms with Crippen molar-refractivity contribution in [1.29, 1.82) is 0 Å². The van der Waals surface area contributed by atoms with Gasteiger partial charge in [0.2, 0.25) is 0 Å². The minimum absolute atomic E-state index is 0.0694. The van der Waals surface area contributed by atoms with Crippen LogP contribution in [0.1, 0.15) is 12.8 Å². The summed E-state index contributed by atoms with van der Waals surface area (Å²) in [6.45, 7) is 0. The lowest BCUT2D eigenvalue weighted by Gasteiger charge is -2.02. The standard InChI is InChI=1S/C5H10O3S/c1-9(7,8)4-5(6)2-3-5/h6H,2-4H2,1H3. The van der Waals surface area contributed by atoms with Crippen LogP contribution in [0.5, 0.6) is 0 Å². The zero-order chi connectivity index (χ0) is 7.12. The monoisotopic (exact) mass is 150 g/mol. The summed E-state index contributed by atoms with van der Waals surface area (Å²) < 4.78 is 21.1. The van der Waals surface area contributed by atoms with Gasteiger partial charge in [0.05, 0.1) is 11.4 Å². The molecule has 0 aromatic rings. The summed E-state index contributed by atoms with van der Waals surface area (Å²) in [6.07, 6.45) is 2.42. The molecule has 4 heteroatoms. The van der Waals surface area contributed by atoms with Gasteiger partial charge in [-0.05, 0) is 12.8 Å². The van der Waals surface area contributed by atoms with E-state index in [-0.39, 0.29) is 5.75 Å². The molecule has 1 aliphatic carbocycles. The second-order valence-electron chi connectivity index (χ2n) is 2.79. The lowest BCUT2D eigenvalue weighted by molar-refractivity contribution is 0.175. The fourth-order valence-corrected chi connectivity index (χ4v) is 2.04. The summed E-state index contributed by atoms with van der Waals surface area (Å²) in [5, 5.41) is 9.09. The van der Waals surface area contributed by atoms with Gasteiger partial charge in [0.15, 0.2) is 0 Å². The smallest absolute Gasteiger partial charge is 0.150 e. The summed E-state index contributed by atoms with van der Waals surface area (Å²) in [7, 11) is -2.97. The Morgan fingerprint density at radius 2 is 2.00 bits per heavy atom. The number of hydrogen-bond acceptors (Lipinski definition) is 3. The Labute approximate surface area is 54.6 Å². The summed E-state index contributed by atoms with van der Waals surface area (Å²) >= 11 is 0. The first-order chi connectivity index (χ1) is 3.91. The van der Waals surface area contributed by atoms with E-state index in [4.69, 9.17) is 5.11 Å². The van der Waals surface area contributed by atoms with Gasteiger partial charge in [-0.1, -0.05) is 0 Å². The second-order valence-corrected chi connectivity index (χ2v) is 4.93. The van der Waals surface area contributed by atoms with Gasteiger partial charge in [0, 0.05) is 6.26 Å². The van der Waals surface area contributed by atoms with Crippen molar-refractivity contribution < 1.29 is 13.5 Å². The van der Waals surface area contributed by atoms with Gasteiger partial charge in [0.1, 0.15) is 9.84 Å². The zero-order valence-electron chi connectivity index (χ0n) is 5.29. The maximum absolute atomic E-state index is 10.5. The molecule has 0 bridgehead atoms. The van der Waals surface area contributed by atoms with E-state index >= 15 is 0 Å². The van der Waals surface area contributed by atoms with Crippen LogP contribution in [0.2, 0.25) is 0 Å². The fourth-order valence-electron chi connectivity index (χ4n) is 0.777. The molecule has 0 aromatic carbocycles. The normalized spacial score (nSPS) is 23.8. The maximum atomic E-state index is 10.5. The fraction of sp³-hybridized carbons (Fsp3) is 1.00. The molecule has 1 N–H and O–H groups in total. The van der Waals surface area contributed by atoms with E-state index in [1.165, 1.54) is 0 Å². The van der Waals surface area contributed by atoms with Gasteiger partial charge in [-0.2, -0.15) is 0 Å². The predicted molar refractivity (Wildman–Crippen MR) is 33.9 cm³/mol. The van der Waals surface area contributed by atoms with Crippen molar-refractivity contribution in [2.75, 3.05) is 12.0 Å². The number of sulfone groups is 1. The van der Waals surface area contributed by atoms with E-state index < -0.39 is 15.4 Å². The first kappa shape index (κ1) is 7.02. The van der Waals surface area contributed by atoms with Crippen LogP contribution in [0.3, 0.4) is 0 Å². The SMILES string of the molecule is CS(=O)(=O)CC1(O)CC1. The summed E-state index contributed by atoms with van der Waals surface area (Å²) in [5.74, 6) is -0.0694. The molecule has 1 fully saturated rings. The average Bonchev–Trinajstić information content (AvgIpc) is 2.12. The van der Waals surface area contributed by atoms with E-state index in [1.54, 1.807) is 0 Å². The molecule has 0 unspecified atom stereocenters. The highest BCUT2D eigenvalue weighted by Crippen LogP contribution is 2.35. The second kappa shape index (κ2) is 1.70. The van der Waals surface area contributed by atoms with Crippen LogP contribution >= 0.6 is 0 Å². The molecule has 1 saturated carbocycles. The first-order valence-corrected chi connectivity index (χ1v) is 4.88. The molecule has 3 nitrogen and oxygen atoms in total. The molecule has 0 aliphatic heterocycles. The average molecular weight is 150 g/mol. The number of rotatable bonds is 2. The Morgan fingerprint density at radius 3 is 2.11 bits per heavy atom. The van der Waals surface area contributed by atoms with Gasteiger partial charge in [-0.15, -0.1) is 0 Å². The van der Waals surface area contributed by atoms with Crippen LogP contribution in [0.25, 0.3) is 0 Å². The van der Waals surface area contributed by atoms with Crippen LogP contribution in [0, 0.1) is 0 Å². The van der Waals surface area contributed by atoms with E-state index in [2.05, 4.69) is 0 Å². The Hall–Kier alpha value is -0.0900. The third kappa shape index (κ3) is 2.32. The van der Waals surface area contributed by atoms with E-state index in [1.807, 2.05) is 0 Å². The Morgan fingerprint density at radius 1 is 1.56 bits per heavy atom. The van der Waals surface area contributed by atoms with Crippen LogP contribution < -0.4 is 0 Å². The van der Waals surface area contributed by atoms with Crippen molar-refractivity contribution in [2.24, 2.45) is 0 Å². The number of aliphatic hydroxyl groups is 1. The molecular weight excluding hydrogens is 140 g/mol. The first-order valence-electron chi connectivity index (χ1n) is 2.81. The zero-order valence-corrected chi connectivity index (χ0v) is 6.11. The van der Waals surface area contributed by atoms with E-state index in [0.29, 0.717) is 12.8 Å². The van der Waals surface area contributed by atoms with Gasteiger partial charge >= 0.3 is 0 Å². The molecule has 0 heterocycles. The van der Waals surface area contributed by atoms with Gasteiger partial charge < -0.3 is 5.11 Å². The van der Waals surface area contributed by atoms with E-state index in [0.717, 1.165) is 6.26 Å². The van der Waals surface area contributed by atoms with Crippen LogP contribution in [-0.2, 0) is 9.84 Å². The van der Waals surface area contributed by atoms with Crippen LogP contribution in [0.4, 0.5) is 0 Å². The Kier molecular flexibility index (Phi) is 1.33. The molecule has 0 saturated heterocycles. The molecule has 0 spiro atoms. The molecular formula is C5H10O3S. The highest BCUT2D eigenvalue weighted by molar-refractivity contribution is 7.90. The molecule has 0 amide bonds. The van der Waals surface area contributed by atoms with Crippen molar-refractivity contribution in [1.82, 2.24) is 0 Å². The van der Waals surface area contributed by atoms with Gasteiger partial charge in [-0.25, -0.2) is 8.42 Å². The van der Waals surface area contributed by atoms with Gasteiger partial charge in [-0.3, -0.25) is 0 Å². The van der Waals surface area contributed by atoms with Crippen molar-refractivity contribution in [3.8, 4) is 0 Å². The van der Waals surface area contributed by atoms with Crippen molar-refractivity contribution in [3.05, 3.63) is 0 Å². The molecule has 0 radical (unpaired) electrons. The highest BCUT2D eigenvalue weighted by Gasteiger charge is 2.42. The van der Waals surface area contributed by atoms with Gasteiger partial charge in [0.25, 0.3) is 0 Å². The molecule has 54 valence electrons. The Bertz CT molecular complexity index is 200. The Balaban J connectivity index is 2.53. The molecule has 0 atom stereocenters. The lowest BCUT2D eigenvalue weighted by atomic mass is 10.4. The molecule has 9 heavy (non-hydrogen) atoms. The number of hydrogen-bond donors (Lipinski definition) is 1. The molecule has 0 aromatic heterocycles. The largest absolute Gasteiger partial charge is 0.389 e. The van der Waals surface area contributed by atoms with Crippen molar-refractivity contribution in [3.63, 3.8) is 0 Å². The third-order valence-corrected chi connectivity index (χ3v) is 2.42. The molecule has 1 aliphatic rings. The lowest BCUT2D eigenvalue weighted by Crippen LogP contribution is -2.20. The van der Waals surface area contributed by atoms with E-state index in [9.17, 15) is 8.42 Å². The summed E-state index contributed by atoms with van der Waals surface area (Å²) in [5.41, 5.74) is -0.854. The highest BCUT2D eigenvalue weighted by atomic mass is 32.2. The maximum Gasteiger partial charge on any atom is 0.150 e. The van der Waals surface area contributed by atoms with Crippen LogP contribution in [0.15, 0.2) is 0 Å². The minimum Gasteiger partial charge on any atom is -0.389 e. The topological polar surface area (TPSA) is 54.4 Å². The molecule has 1 rings (SSSR count). The quantitative estimate of drug-likeness (QED) is 0.580. The van der Waals surface area contributed by atoms with Crippen molar-refractivity contribution >= 4 is 9.84 Å². The van der Waals surface area contributed by atoms with Crippen molar-refractivity contribution in [2.45, 2.75) is 18.4 Å². The minimum atomic E-state index is -2.97.